The van der Waals surface area contributed by atoms with Crippen LogP contribution >= 0.6 is 0 Å². The Kier molecular flexibility index (Phi) is 23.7. The van der Waals surface area contributed by atoms with Gasteiger partial charge in [0.15, 0.2) is 0 Å². The molecule has 0 aliphatic carbocycles. The largest absolute Gasteiger partial charge is 0.512 e. The molecule has 0 aliphatic rings. The Bertz CT molecular complexity index is 155. The summed E-state index contributed by atoms with van der Waals surface area (Å²) in [7, 11) is 0. The van der Waals surface area contributed by atoms with Crippen LogP contribution in [0.2, 0.25) is 0 Å². The molecule has 122 valence electrons. The number of nitrogens with zero attached hydrogens (tertiary/aromatic N) is 2. The van der Waals surface area contributed by atoms with Crippen molar-refractivity contribution in [2.75, 3.05) is 26.2 Å². The number of quaternary nitrogens is 1. The van der Waals surface area contributed by atoms with Gasteiger partial charge >= 0.3 is 0 Å². The van der Waals surface area contributed by atoms with Gasteiger partial charge in [-0.2, -0.15) is 0 Å². The van der Waals surface area contributed by atoms with Gasteiger partial charge in [-0.25, -0.2) is 0 Å². The molecule has 0 aromatic carbocycles. The summed E-state index contributed by atoms with van der Waals surface area (Å²) < 4.78 is 1.42. The molecule has 0 fully saturated rings. The fourth-order valence-corrected chi connectivity index (χ4v) is 2.64. The standard InChI is InChI=1S/C16H36N.CN.Fe/c1-5-9-13-17(14-10-6-2,15-11-7-3)16-12-8-4;1-2;/h5-16H2,1-4H3;;/q+1;-1;. The van der Waals surface area contributed by atoms with E-state index in [1.165, 1.54) is 82.0 Å². The fourth-order valence-electron chi connectivity index (χ4n) is 2.64. The van der Waals surface area contributed by atoms with E-state index in [-0.39, 0.29) is 17.1 Å². The van der Waals surface area contributed by atoms with E-state index in [2.05, 4.69) is 27.7 Å². The zero-order valence-corrected chi connectivity index (χ0v) is 15.3. The predicted octanol–water partition coefficient (Wildman–Crippen LogP) is 5.10. The van der Waals surface area contributed by atoms with Gasteiger partial charge in [0.1, 0.15) is 0 Å². The van der Waals surface area contributed by atoms with Crippen LogP contribution in [-0.4, -0.2) is 30.7 Å². The summed E-state index contributed by atoms with van der Waals surface area (Å²) in [5.74, 6) is 0. The Morgan fingerprint density at radius 2 is 0.800 bits per heavy atom. The summed E-state index contributed by atoms with van der Waals surface area (Å²) in [6.45, 7) is 19.8. The Labute approximate surface area is 139 Å². The Balaban J connectivity index is -0.000000916. The topological polar surface area (TPSA) is 23.8 Å². The molecular formula is C17H36FeN2. The smallest absolute Gasteiger partial charge is 0.0786 e. The van der Waals surface area contributed by atoms with Gasteiger partial charge in [-0.05, 0) is 25.7 Å². The monoisotopic (exact) mass is 324 g/mol. The molecule has 0 spiro atoms. The summed E-state index contributed by atoms with van der Waals surface area (Å²) in [5, 5.41) is 6.25. The number of hydrogen-bond donors (Lipinski definition) is 0. The molecule has 0 aromatic heterocycles. The molecule has 0 radical (unpaired) electrons. The van der Waals surface area contributed by atoms with Gasteiger partial charge in [-0.1, -0.05) is 53.4 Å². The molecule has 3 heteroatoms. The van der Waals surface area contributed by atoms with Crippen molar-refractivity contribution in [3.05, 3.63) is 6.57 Å². The zero-order valence-electron chi connectivity index (χ0n) is 14.2. The van der Waals surface area contributed by atoms with E-state index in [1.807, 2.05) is 0 Å². The Morgan fingerprint density at radius 3 is 0.950 bits per heavy atom. The van der Waals surface area contributed by atoms with Crippen molar-refractivity contribution in [3.63, 3.8) is 0 Å². The van der Waals surface area contributed by atoms with Crippen LogP contribution in [0.15, 0.2) is 0 Å². The molecule has 0 aliphatic heterocycles. The van der Waals surface area contributed by atoms with Gasteiger partial charge in [0, 0.05) is 17.1 Å². The first-order valence-corrected chi connectivity index (χ1v) is 8.32. The van der Waals surface area contributed by atoms with Gasteiger partial charge in [-0.15, -0.1) is 0 Å². The van der Waals surface area contributed by atoms with Crippen molar-refractivity contribution in [2.24, 2.45) is 0 Å². The molecule has 0 atom stereocenters. The molecule has 0 unspecified atom stereocenters. The second kappa shape index (κ2) is 19.0. The van der Waals surface area contributed by atoms with E-state index >= 15 is 0 Å². The van der Waals surface area contributed by atoms with Crippen molar-refractivity contribution in [1.82, 2.24) is 0 Å². The van der Waals surface area contributed by atoms with E-state index in [1.54, 1.807) is 0 Å². The molecule has 0 bridgehead atoms. The van der Waals surface area contributed by atoms with E-state index in [0.717, 1.165) is 0 Å². The van der Waals surface area contributed by atoms with Crippen LogP contribution in [-0.2, 0) is 17.1 Å². The maximum atomic E-state index is 6.25. The van der Waals surface area contributed by atoms with E-state index in [4.69, 9.17) is 11.8 Å². The van der Waals surface area contributed by atoms with Gasteiger partial charge < -0.3 is 16.3 Å². The molecule has 0 rings (SSSR count). The summed E-state index contributed by atoms with van der Waals surface area (Å²) in [6, 6.07) is 0. The van der Waals surface area contributed by atoms with Crippen LogP contribution in [0.1, 0.15) is 79.1 Å². The van der Waals surface area contributed by atoms with Crippen LogP contribution in [0, 0.1) is 11.8 Å². The Hall–Kier alpha value is -0.0305. The number of unbranched alkanes of at least 4 members (excludes halogenated alkanes) is 4. The van der Waals surface area contributed by atoms with E-state index in [0.29, 0.717) is 0 Å². The maximum Gasteiger partial charge on any atom is 0.0786 e. The SMILES string of the molecule is CCCC[N+](CCCC)(CCCC)CCCC.[C-]#N.[Fe]. The van der Waals surface area contributed by atoms with Gasteiger partial charge in [0.25, 0.3) is 0 Å². The second-order valence-corrected chi connectivity index (χ2v) is 5.65. The number of hydrogen-bond acceptors (Lipinski definition) is 1. The van der Waals surface area contributed by atoms with Crippen LogP contribution < -0.4 is 0 Å². The van der Waals surface area contributed by atoms with Crippen molar-refractivity contribution in [3.8, 4) is 0 Å². The zero-order chi connectivity index (χ0) is 15.0. The second-order valence-electron chi connectivity index (χ2n) is 5.65. The van der Waals surface area contributed by atoms with Crippen molar-refractivity contribution in [1.29, 1.82) is 5.26 Å². The minimum atomic E-state index is 0. The third-order valence-electron chi connectivity index (χ3n) is 3.94. The van der Waals surface area contributed by atoms with Gasteiger partial charge in [0.2, 0.25) is 0 Å². The fraction of sp³-hybridized carbons (Fsp3) is 0.941. The summed E-state index contributed by atoms with van der Waals surface area (Å²) in [5.41, 5.74) is 0. The molecule has 0 amide bonds. The van der Waals surface area contributed by atoms with E-state index in [9.17, 15) is 0 Å². The molecule has 0 heterocycles. The average Bonchev–Trinajstić information content (AvgIpc) is 2.48. The molecule has 0 saturated heterocycles. The van der Waals surface area contributed by atoms with Crippen LogP contribution in [0.4, 0.5) is 0 Å². The predicted molar refractivity (Wildman–Crippen MR) is 84.3 cm³/mol. The first-order valence-electron chi connectivity index (χ1n) is 8.32. The van der Waals surface area contributed by atoms with E-state index < -0.39 is 0 Å². The summed E-state index contributed by atoms with van der Waals surface area (Å²) in [6.07, 6.45) is 11.1. The Morgan fingerprint density at radius 1 is 0.600 bits per heavy atom. The molecule has 2 nitrogen and oxygen atoms in total. The molecule has 0 N–H and O–H groups in total. The van der Waals surface area contributed by atoms with Crippen LogP contribution in [0.5, 0.6) is 0 Å². The quantitative estimate of drug-likeness (QED) is 0.278. The van der Waals surface area contributed by atoms with Gasteiger partial charge in [0.05, 0.1) is 26.2 Å². The maximum absolute atomic E-state index is 6.25. The van der Waals surface area contributed by atoms with Crippen molar-refractivity contribution in [2.45, 2.75) is 79.1 Å². The average molecular weight is 324 g/mol. The van der Waals surface area contributed by atoms with Crippen molar-refractivity contribution >= 4 is 0 Å². The molecule has 0 saturated carbocycles. The first-order chi connectivity index (χ1) is 9.24. The van der Waals surface area contributed by atoms with Gasteiger partial charge in [-0.3, -0.25) is 0 Å². The minimum absolute atomic E-state index is 0. The molecular weight excluding hydrogens is 288 g/mol. The third-order valence-corrected chi connectivity index (χ3v) is 3.94. The number of rotatable bonds is 12. The van der Waals surface area contributed by atoms with Crippen LogP contribution in [0.25, 0.3) is 0 Å². The molecule has 0 aromatic rings. The summed E-state index contributed by atoms with van der Waals surface area (Å²) >= 11 is 0. The third kappa shape index (κ3) is 13.0. The molecule has 20 heavy (non-hydrogen) atoms. The van der Waals surface area contributed by atoms with Crippen LogP contribution in [0.3, 0.4) is 0 Å². The first kappa shape index (κ1) is 25.0. The summed E-state index contributed by atoms with van der Waals surface area (Å²) in [4.78, 5) is 0. The normalized spacial score (nSPS) is 10.3. The van der Waals surface area contributed by atoms with Crippen molar-refractivity contribution < 1.29 is 21.6 Å². The minimum Gasteiger partial charge on any atom is -0.512 e.